The van der Waals surface area contributed by atoms with Gasteiger partial charge in [0, 0.05) is 17.9 Å². The van der Waals surface area contributed by atoms with E-state index in [0.717, 1.165) is 32.6 Å². The summed E-state index contributed by atoms with van der Waals surface area (Å²) in [5.41, 5.74) is 0.208. The summed E-state index contributed by atoms with van der Waals surface area (Å²) in [7, 11) is 0. The van der Waals surface area contributed by atoms with Gasteiger partial charge < -0.3 is 10.1 Å². The molecular weight excluding hydrogens is 166 g/mol. The Labute approximate surface area is 78.8 Å². The lowest BCUT2D eigenvalue weighted by Crippen LogP contribution is -2.50. The van der Waals surface area contributed by atoms with Crippen LogP contribution in [0.3, 0.4) is 0 Å². The first-order chi connectivity index (χ1) is 6.20. The second-order valence-electron chi connectivity index (χ2n) is 4.65. The molecule has 0 spiro atoms. The molecule has 1 amide bonds. The van der Waals surface area contributed by atoms with E-state index in [1.54, 1.807) is 0 Å². The molecule has 0 atom stereocenters. The van der Waals surface area contributed by atoms with Crippen molar-refractivity contribution in [1.29, 1.82) is 0 Å². The summed E-state index contributed by atoms with van der Waals surface area (Å²) < 4.78 is 5.12. The number of hydrogen-bond donors (Lipinski definition) is 1. The lowest BCUT2D eigenvalue weighted by molar-refractivity contribution is -0.132. The van der Waals surface area contributed by atoms with E-state index in [1.165, 1.54) is 6.42 Å². The van der Waals surface area contributed by atoms with Crippen LogP contribution >= 0.6 is 0 Å². The van der Waals surface area contributed by atoms with E-state index in [-0.39, 0.29) is 11.3 Å². The summed E-state index contributed by atoms with van der Waals surface area (Å²) in [6.45, 7) is 4.51. The zero-order chi connectivity index (χ0) is 9.31. The zero-order valence-electron chi connectivity index (χ0n) is 8.14. The topological polar surface area (TPSA) is 38.3 Å². The SMILES string of the molecule is CC1(CNC(=O)C2CCC2)COC1. The molecule has 3 nitrogen and oxygen atoms in total. The fourth-order valence-electron chi connectivity index (χ4n) is 1.67. The molecule has 74 valence electrons. The van der Waals surface area contributed by atoms with E-state index in [9.17, 15) is 4.79 Å². The molecule has 0 bridgehead atoms. The Morgan fingerprint density at radius 3 is 2.62 bits per heavy atom. The molecule has 0 unspecified atom stereocenters. The van der Waals surface area contributed by atoms with Gasteiger partial charge in [-0.05, 0) is 12.8 Å². The summed E-state index contributed by atoms with van der Waals surface area (Å²) in [5, 5.41) is 3.01. The Bertz CT molecular complexity index is 207. The van der Waals surface area contributed by atoms with Crippen molar-refractivity contribution in [1.82, 2.24) is 5.32 Å². The van der Waals surface area contributed by atoms with Crippen molar-refractivity contribution in [2.75, 3.05) is 19.8 Å². The van der Waals surface area contributed by atoms with Gasteiger partial charge in [0.25, 0.3) is 0 Å². The number of carbonyl (C=O) groups is 1. The molecule has 1 aliphatic carbocycles. The number of hydrogen-bond acceptors (Lipinski definition) is 2. The van der Waals surface area contributed by atoms with Crippen LogP contribution in [0.15, 0.2) is 0 Å². The summed E-state index contributed by atoms with van der Waals surface area (Å²) in [4.78, 5) is 11.5. The van der Waals surface area contributed by atoms with E-state index < -0.39 is 0 Å². The minimum absolute atomic E-state index is 0.208. The minimum atomic E-state index is 0.208. The van der Waals surface area contributed by atoms with Gasteiger partial charge in [-0.3, -0.25) is 4.79 Å². The van der Waals surface area contributed by atoms with Gasteiger partial charge in [0.1, 0.15) is 0 Å². The molecule has 2 aliphatic rings. The molecule has 1 N–H and O–H groups in total. The van der Waals surface area contributed by atoms with E-state index >= 15 is 0 Å². The Hall–Kier alpha value is -0.570. The average molecular weight is 183 g/mol. The Kier molecular flexibility index (Phi) is 2.28. The van der Waals surface area contributed by atoms with Gasteiger partial charge in [-0.15, -0.1) is 0 Å². The second kappa shape index (κ2) is 3.29. The molecule has 2 rings (SSSR count). The van der Waals surface area contributed by atoms with Crippen LogP contribution < -0.4 is 5.32 Å². The van der Waals surface area contributed by atoms with Crippen LogP contribution in [0.25, 0.3) is 0 Å². The number of amides is 1. The summed E-state index contributed by atoms with van der Waals surface area (Å²) in [5.74, 6) is 0.559. The predicted octanol–water partition coefficient (Wildman–Crippen LogP) is 0.939. The molecule has 3 heteroatoms. The highest BCUT2D eigenvalue weighted by Gasteiger charge is 2.34. The third-order valence-electron chi connectivity index (χ3n) is 3.07. The Morgan fingerprint density at radius 2 is 2.23 bits per heavy atom. The van der Waals surface area contributed by atoms with Crippen LogP contribution in [0.4, 0.5) is 0 Å². The summed E-state index contributed by atoms with van der Waals surface area (Å²) in [6, 6.07) is 0. The number of carbonyl (C=O) groups excluding carboxylic acids is 1. The molecular formula is C10H17NO2. The van der Waals surface area contributed by atoms with Crippen molar-refractivity contribution in [3.63, 3.8) is 0 Å². The van der Waals surface area contributed by atoms with Crippen LogP contribution in [0.5, 0.6) is 0 Å². The standard InChI is InChI=1S/C10H17NO2/c1-10(6-13-7-10)5-11-9(12)8-3-2-4-8/h8H,2-7H2,1H3,(H,11,12). The van der Waals surface area contributed by atoms with Gasteiger partial charge in [0.2, 0.25) is 5.91 Å². The maximum Gasteiger partial charge on any atom is 0.223 e. The first kappa shape index (κ1) is 9.00. The van der Waals surface area contributed by atoms with Crippen LogP contribution in [-0.4, -0.2) is 25.7 Å². The molecule has 0 aromatic rings. The van der Waals surface area contributed by atoms with Crippen LogP contribution in [0.1, 0.15) is 26.2 Å². The quantitative estimate of drug-likeness (QED) is 0.707. The molecule has 0 aromatic heterocycles. The molecule has 1 aliphatic heterocycles. The lowest BCUT2D eigenvalue weighted by Gasteiger charge is -2.38. The van der Waals surface area contributed by atoms with E-state index in [0.29, 0.717) is 5.92 Å². The van der Waals surface area contributed by atoms with Gasteiger partial charge in [-0.2, -0.15) is 0 Å². The fraction of sp³-hybridized carbons (Fsp3) is 0.900. The molecule has 2 fully saturated rings. The van der Waals surface area contributed by atoms with Crippen LogP contribution in [0.2, 0.25) is 0 Å². The first-order valence-corrected chi connectivity index (χ1v) is 5.05. The van der Waals surface area contributed by atoms with Crippen molar-refractivity contribution >= 4 is 5.91 Å². The van der Waals surface area contributed by atoms with Gasteiger partial charge in [-0.1, -0.05) is 13.3 Å². The van der Waals surface area contributed by atoms with E-state index in [2.05, 4.69) is 12.2 Å². The Morgan fingerprint density at radius 1 is 1.54 bits per heavy atom. The van der Waals surface area contributed by atoms with Crippen molar-refractivity contribution < 1.29 is 9.53 Å². The van der Waals surface area contributed by atoms with Gasteiger partial charge in [-0.25, -0.2) is 0 Å². The van der Waals surface area contributed by atoms with Gasteiger partial charge >= 0.3 is 0 Å². The molecule has 1 heterocycles. The third kappa shape index (κ3) is 1.85. The lowest BCUT2D eigenvalue weighted by atomic mass is 9.84. The third-order valence-corrected chi connectivity index (χ3v) is 3.07. The highest BCUT2D eigenvalue weighted by molar-refractivity contribution is 5.79. The maximum atomic E-state index is 11.5. The first-order valence-electron chi connectivity index (χ1n) is 5.05. The van der Waals surface area contributed by atoms with Crippen molar-refractivity contribution in [3.8, 4) is 0 Å². The molecule has 1 saturated heterocycles. The second-order valence-corrected chi connectivity index (χ2v) is 4.65. The summed E-state index contributed by atoms with van der Waals surface area (Å²) in [6.07, 6.45) is 3.39. The van der Waals surface area contributed by atoms with Crippen molar-refractivity contribution in [2.45, 2.75) is 26.2 Å². The number of nitrogens with one attached hydrogen (secondary N) is 1. The number of rotatable bonds is 3. The average Bonchev–Trinajstić information content (AvgIpc) is 1.94. The highest BCUT2D eigenvalue weighted by atomic mass is 16.5. The number of ether oxygens (including phenoxy) is 1. The fourth-order valence-corrected chi connectivity index (χ4v) is 1.67. The molecule has 1 saturated carbocycles. The normalized spacial score (nSPS) is 25.9. The molecule has 0 radical (unpaired) electrons. The van der Waals surface area contributed by atoms with E-state index in [4.69, 9.17) is 4.74 Å². The minimum Gasteiger partial charge on any atom is -0.380 e. The Balaban J connectivity index is 1.69. The maximum absolute atomic E-state index is 11.5. The predicted molar refractivity (Wildman–Crippen MR) is 49.3 cm³/mol. The van der Waals surface area contributed by atoms with Crippen molar-refractivity contribution in [2.24, 2.45) is 11.3 Å². The summed E-state index contributed by atoms with van der Waals surface area (Å²) >= 11 is 0. The van der Waals surface area contributed by atoms with Gasteiger partial charge in [0.15, 0.2) is 0 Å². The van der Waals surface area contributed by atoms with Crippen LogP contribution in [-0.2, 0) is 9.53 Å². The van der Waals surface area contributed by atoms with Crippen LogP contribution in [0, 0.1) is 11.3 Å². The highest BCUT2D eigenvalue weighted by Crippen LogP contribution is 2.28. The monoisotopic (exact) mass is 183 g/mol. The molecule has 13 heavy (non-hydrogen) atoms. The zero-order valence-corrected chi connectivity index (χ0v) is 8.14. The van der Waals surface area contributed by atoms with Crippen molar-refractivity contribution in [3.05, 3.63) is 0 Å². The smallest absolute Gasteiger partial charge is 0.223 e. The largest absolute Gasteiger partial charge is 0.380 e. The van der Waals surface area contributed by atoms with E-state index in [1.807, 2.05) is 0 Å². The van der Waals surface area contributed by atoms with Gasteiger partial charge in [0.05, 0.1) is 13.2 Å². The molecule has 0 aromatic carbocycles.